The predicted molar refractivity (Wildman–Crippen MR) is 90.9 cm³/mol. The van der Waals surface area contributed by atoms with Crippen LogP contribution < -0.4 is 14.2 Å². The van der Waals surface area contributed by atoms with Crippen LogP contribution in [0.1, 0.15) is 20.8 Å². The molecule has 0 radical (unpaired) electrons. The molecule has 0 saturated carbocycles. The van der Waals surface area contributed by atoms with Gasteiger partial charge in [0.2, 0.25) is 5.75 Å². The molecule has 1 unspecified atom stereocenters. The van der Waals surface area contributed by atoms with Gasteiger partial charge < -0.3 is 14.2 Å². The van der Waals surface area contributed by atoms with Crippen molar-refractivity contribution in [2.75, 3.05) is 21.3 Å². The molecular formula is C15H16BrClO3S. The van der Waals surface area contributed by atoms with Gasteiger partial charge in [-0.15, -0.1) is 11.3 Å². The highest BCUT2D eigenvalue weighted by molar-refractivity contribution is 9.09. The summed E-state index contributed by atoms with van der Waals surface area (Å²) in [6.07, 6.45) is 0. The molecule has 3 nitrogen and oxygen atoms in total. The average molecular weight is 392 g/mol. The summed E-state index contributed by atoms with van der Waals surface area (Å²) in [4.78, 5) is 0.971. The molecule has 0 aliphatic heterocycles. The van der Waals surface area contributed by atoms with E-state index in [2.05, 4.69) is 15.9 Å². The second-order valence-electron chi connectivity index (χ2n) is 4.38. The van der Waals surface area contributed by atoms with Crippen LogP contribution in [0.3, 0.4) is 0 Å². The Morgan fingerprint density at radius 1 is 1.10 bits per heavy atom. The fourth-order valence-electron chi connectivity index (χ4n) is 2.09. The third-order valence-corrected chi connectivity index (χ3v) is 6.20. The van der Waals surface area contributed by atoms with Crippen LogP contribution in [0.2, 0.25) is 5.02 Å². The van der Waals surface area contributed by atoms with Crippen LogP contribution in [0.5, 0.6) is 17.2 Å². The number of hydrogen-bond donors (Lipinski definition) is 0. The van der Waals surface area contributed by atoms with Crippen LogP contribution in [0.15, 0.2) is 17.5 Å². The van der Waals surface area contributed by atoms with E-state index in [1.807, 2.05) is 24.4 Å². The molecule has 6 heteroatoms. The Hall–Kier alpha value is -0.910. The summed E-state index contributed by atoms with van der Waals surface area (Å²) in [5, 5.41) is 2.82. The van der Waals surface area contributed by atoms with E-state index < -0.39 is 0 Å². The van der Waals surface area contributed by atoms with Gasteiger partial charge in [0, 0.05) is 10.4 Å². The summed E-state index contributed by atoms with van der Waals surface area (Å²) in [5.74, 6) is 1.85. The first kappa shape index (κ1) is 16.5. The van der Waals surface area contributed by atoms with Gasteiger partial charge in [0.25, 0.3) is 0 Å². The first-order chi connectivity index (χ1) is 10.0. The van der Waals surface area contributed by atoms with Crippen LogP contribution >= 0.6 is 38.9 Å². The maximum absolute atomic E-state index is 6.36. The molecule has 0 aliphatic rings. The minimum absolute atomic E-state index is 0.0709. The zero-order chi connectivity index (χ0) is 15.6. The molecule has 0 saturated heterocycles. The monoisotopic (exact) mass is 390 g/mol. The smallest absolute Gasteiger partial charge is 0.203 e. The molecule has 0 aliphatic carbocycles. The third-order valence-electron chi connectivity index (χ3n) is 3.16. The first-order valence-electron chi connectivity index (χ1n) is 6.21. The van der Waals surface area contributed by atoms with Crippen LogP contribution in [0, 0.1) is 6.92 Å². The minimum atomic E-state index is -0.0709. The molecule has 0 spiro atoms. The lowest BCUT2D eigenvalue weighted by atomic mass is 10.1. The minimum Gasteiger partial charge on any atom is -0.493 e. The van der Waals surface area contributed by atoms with Crippen molar-refractivity contribution in [2.45, 2.75) is 11.8 Å². The molecule has 0 amide bonds. The van der Waals surface area contributed by atoms with Crippen molar-refractivity contribution in [1.29, 1.82) is 0 Å². The summed E-state index contributed by atoms with van der Waals surface area (Å²) >= 11 is 11.7. The van der Waals surface area contributed by atoms with Gasteiger partial charge in [-0.05, 0) is 30.0 Å². The zero-order valence-corrected chi connectivity index (χ0v) is 15.4. The van der Waals surface area contributed by atoms with Crippen LogP contribution in [0.4, 0.5) is 0 Å². The lowest BCUT2D eigenvalue weighted by Gasteiger charge is -2.18. The fraction of sp³-hybridized carbons (Fsp3) is 0.333. The average Bonchev–Trinajstić information content (AvgIpc) is 2.84. The zero-order valence-electron chi connectivity index (χ0n) is 12.2. The van der Waals surface area contributed by atoms with E-state index in [9.17, 15) is 0 Å². The van der Waals surface area contributed by atoms with Gasteiger partial charge in [0.15, 0.2) is 11.5 Å². The van der Waals surface area contributed by atoms with Crippen molar-refractivity contribution in [3.8, 4) is 17.2 Å². The molecule has 2 aromatic rings. The van der Waals surface area contributed by atoms with Crippen molar-refractivity contribution in [3.63, 3.8) is 0 Å². The SMILES string of the molecule is COc1ccc(C(Br)c2scc(C)c2Cl)c(OC)c1OC. The van der Waals surface area contributed by atoms with Crippen LogP contribution in [0.25, 0.3) is 0 Å². The van der Waals surface area contributed by atoms with E-state index in [0.717, 1.165) is 21.0 Å². The summed E-state index contributed by atoms with van der Waals surface area (Å²) in [6.45, 7) is 1.99. The topological polar surface area (TPSA) is 27.7 Å². The van der Waals surface area contributed by atoms with E-state index in [1.54, 1.807) is 32.7 Å². The maximum Gasteiger partial charge on any atom is 0.203 e. The standard InChI is InChI=1S/C15H16BrClO3S/c1-8-7-21-15(12(8)17)11(16)9-5-6-10(18-2)14(20-4)13(9)19-3/h5-7,11H,1-4H3. The van der Waals surface area contributed by atoms with Gasteiger partial charge in [-0.3, -0.25) is 0 Å². The van der Waals surface area contributed by atoms with Crippen molar-refractivity contribution in [2.24, 2.45) is 0 Å². The number of aryl methyl sites for hydroxylation is 1. The first-order valence-corrected chi connectivity index (χ1v) is 8.38. The van der Waals surface area contributed by atoms with E-state index in [-0.39, 0.29) is 4.83 Å². The number of rotatable bonds is 5. The molecule has 0 bridgehead atoms. The van der Waals surface area contributed by atoms with E-state index in [0.29, 0.717) is 17.2 Å². The number of benzene rings is 1. The summed E-state index contributed by atoms with van der Waals surface area (Å²) in [5.41, 5.74) is 2.01. The van der Waals surface area contributed by atoms with Gasteiger partial charge in [-0.1, -0.05) is 27.5 Å². The number of alkyl halides is 1. The summed E-state index contributed by atoms with van der Waals surface area (Å²) in [7, 11) is 4.81. The highest BCUT2D eigenvalue weighted by Gasteiger charge is 2.24. The Morgan fingerprint density at radius 3 is 2.24 bits per heavy atom. The molecule has 1 heterocycles. The Labute approximate surface area is 141 Å². The van der Waals surface area contributed by atoms with Gasteiger partial charge in [0.05, 0.1) is 31.2 Å². The van der Waals surface area contributed by atoms with Gasteiger partial charge in [-0.25, -0.2) is 0 Å². The van der Waals surface area contributed by atoms with E-state index in [1.165, 1.54) is 0 Å². The molecule has 0 N–H and O–H groups in total. The van der Waals surface area contributed by atoms with E-state index >= 15 is 0 Å². The summed E-state index contributed by atoms with van der Waals surface area (Å²) in [6, 6.07) is 3.81. The highest BCUT2D eigenvalue weighted by atomic mass is 79.9. The molecule has 1 aromatic heterocycles. The molecule has 114 valence electrons. The van der Waals surface area contributed by atoms with Crippen molar-refractivity contribution >= 4 is 38.9 Å². The molecule has 1 aromatic carbocycles. The Bertz CT molecular complexity index is 642. The van der Waals surface area contributed by atoms with Gasteiger partial charge in [-0.2, -0.15) is 0 Å². The van der Waals surface area contributed by atoms with Crippen LogP contribution in [-0.2, 0) is 0 Å². The fourth-order valence-corrected chi connectivity index (χ4v) is 4.43. The lowest BCUT2D eigenvalue weighted by Crippen LogP contribution is -2.01. The number of halogens is 2. The molecule has 21 heavy (non-hydrogen) atoms. The lowest BCUT2D eigenvalue weighted by molar-refractivity contribution is 0.322. The molecule has 1 atom stereocenters. The molecular weight excluding hydrogens is 376 g/mol. The third kappa shape index (κ3) is 3.00. The number of methoxy groups -OCH3 is 3. The van der Waals surface area contributed by atoms with Gasteiger partial charge >= 0.3 is 0 Å². The predicted octanol–water partition coefficient (Wildman–Crippen LogP) is 5.22. The number of thiophene rings is 1. The second kappa shape index (κ2) is 6.90. The van der Waals surface area contributed by atoms with Crippen molar-refractivity contribution < 1.29 is 14.2 Å². The number of hydrogen-bond acceptors (Lipinski definition) is 4. The highest BCUT2D eigenvalue weighted by Crippen LogP contribution is 2.48. The van der Waals surface area contributed by atoms with E-state index in [4.69, 9.17) is 25.8 Å². The maximum atomic E-state index is 6.36. The Kier molecular flexibility index (Phi) is 5.41. The molecule has 0 fully saturated rings. The quantitative estimate of drug-likeness (QED) is 0.654. The number of ether oxygens (including phenoxy) is 3. The second-order valence-corrected chi connectivity index (χ2v) is 6.59. The summed E-state index contributed by atoms with van der Waals surface area (Å²) < 4.78 is 16.2. The Balaban J connectivity index is 2.55. The molecule has 2 rings (SSSR count). The van der Waals surface area contributed by atoms with Crippen LogP contribution in [-0.4, -0.2) is 21.3 Å². The van der Waals surface area contributed by atoms with Crippen molar-refractivity contribution in [1.82, 2.24) is 0 Å². The normalized spacial score (nSPS) is 12.1. The van der Waals surface area contributed by atoms with Gasteiger partial charge in [0.1, 0.15) is 0 Å². The largest absolute Gasteiger partial charge is 0.493 e. The van der Waals surface area contributed by atoms with Crippen molar-refractivity contribution in [3.05, 3.63) is 38.5 Å². The Morgan fingerprint density at radius 2 is 1.76 bits per heavy atom.